The van der Waals surface area contributed by atoms with E-state index in [1.807, 2.05) is 0 Å². The van der Waals surface area contributed by atoms with Crippen LogP contribution in [0.3, 0.4) is 0 Å². The normalized spacial score (nSPS) is 9.95. The van der Waals surface area contributed by atoms with Gasteiger partial charge in [-0.3, -0.25) is 9.59 Å². The molecule has 0 aliphatic rings. The first kappa shape index (κ1) is 14.7. The molecule has 8 heteroatoms. The molecule has 1 aromatic rings. The SMILES string of the molecule is CCOC(=O)CCCNC(=O)c1nc[nH]c1C(=O)O. The van der Waals surface area contributed by atoms with Crippen molar-refractivity contribution in [3.05, 3.63) is 17.7 Å². The maximum Gasteiger partial charge on any atom is 0.354 e. The highest BCUT2D eigenvalue weighted by molar-refractivity contribution is 6.02. The minimum atomic E-state index is -1.26. The molecule has 0 fully saturated rings. The van der Waals surface area contributed by atoms with Crippen LogP contribution < -0.4 is 5.32 Å². The Morgan fingerprint density at radius 2 is 2.21 bits per heavy atom. The van der Waals surface area contributed by atoms with Crippen LogP contribution in [0.4, 0.5) is 0 Å². The molecular weight excluding hydrogens is 254 g/mol. The number of aromatic nitrogens is 2. The monoisotopic (exact) mass is 269 g/mol. The number of hydrogen-bond donors (Lipinski definition) is 3. The van der Waals surface area contributed by atoms with E-state index >= 15 is 0 Å². The maximum atomic E-state index is 11.6. The van der Waals surface area contributed by atoms with Crippen molar-refractivity contribution in [1.82, 2.24) is 15.3 Å². The summed E-state index contributed by atoms with van der Waals surface area (Å²) < 4.78 is 4.73. The van der Waals surface area contributed by atoms with Crippen molar-refractivity contribution in [1.29, 1.82) is 0 Å². The van der Waals surface area contributed by atoms with E-state index in [-0.39, 0.29) is 30.3 Å². The van der Waals surface area contributed by atoms with Crippen molar-refractivity contribution in [3.63, 3.8) is 0 Å². The maximum absolute atomic E-state index is 11.6. The first-order chi connectivity index (χ1) is 9.06. The lowest BCUT2D eigenvalue weighted by atomic mass is 10.3. The molecule has 0 radical (unpaired) electrons. The number of hydrogen-bond acceptors (Lipinski definition) is 5. The second kappa shape index (κ2) is 7.14. The van der Waals surface area contributed by atoms with E-state index in [1.165, 1.54) is 0 Å². The third-order valence-corrected chi connectivity index (χ3v) is 2.22. The molecule has 1 rings (SSSR count). The minimum absolute atomic E-state index is 0.177. The number of aromatic carboxylic acids is 1. The average Bonchev–Trinajstić information content (AvgIpc) is 2.84. The van der Waals surface area contributed by atoms with Crippen LogP contribution in [-0.4, -0.2) is 46.1 Å². The summed E-state index contributed by atoms with van der Waals surface area (Å²) >= 11 is 0. The number of carboxylic acid groups (broad SMARTS) is 1. The number of ether oxygens (including phenoxy) is 1. The molecule has 0 saturated carbocycles. The molecule has 3 N–H and O–H groups in total. The number of nitrogens with one attached hydrogen (secondary N) is 2. The van der Waals surface area contributed by atoms with Gasteiger partial charge in [-0.2, -0.15) is 0 Å². The summed E-state index contributed by atoms with van der Waals surface area (Å²) in [6.45, 7) is 2.27. The largest absolute Gasteiger partial charge is 0.477 e. The molecule has 19 heavy (non-hydrogen) atoms. The third kappa shape index (κ3) is 4.41. The quantitative estimate of drug-likeness (QED) is 0.479. The molecule has 0 aliphatic carbocycles. The molecular formula is C11H15N3O5. The van der Waals surface area contributed by atoms with E-state index in [1.54, 1.807) is 6.92 Å². The molecule has 104 valence electrons. The molecule has 0 unspecified atom stereocenters. The number of carboxylic acids is 1. The predicted octanol–water partition coefficient (Wildman–Crippen LogP) is 0.181. The smallest absolute Gasteiger partial charge is 0.354 e. The number of carbonyl (C=O) groups excluding carboxylic acids is 2. The first-order valence-corrected chi connectivity index (χ1v) is 5.76. The van der Waals surface area contributed by atoms with E-state index < -0.39 is 11.9 Å². The zero-order chi connectivity index (χ0) is 14.3. The summed E-state index contributed by atoms with van der Waals surface area (Å²) in [5, 5.41) is 11.3. The van der Waals surface area contributed by atoms with Gasteiger partial charge >= 0.3 is 11.9 Å². The molecule has 0 saturated heterocycles. The molecule has 0 atom stereocenters. The van der Waals surface area contributed by atoms with Gasteiger partial charge in [-0.15, -0.1) is 0 Å². The summed E-state index contributed by atoms with van der Waals surface area (Å²) in [4.78, 5) is 39.4. The topological polar surface area (TPSA) is 121 Å². The van der Waals surface area contributed by atoms with Crippen molar-refractivity contribution in [2.45, 2.75) is 19.8 Å². The molecule has 0 aromatic carbocycles. The summed E-state index contributed by atoms with van der Waals surface area (Å²) in [6.07, 6.45) is 1.74. The average molecular weight is 269 g/mol. The number of aromatic amines is 1. The summed E-state index contributed by atoms with van der Waals surface area (Å²) in [5.74, 6) is -2.18. The zero-order valence-electron chi connectivity index (χ0n) is 10.4. The van der Waals surface area contributed by atoms with Crippen LogP contribution in [0, 0.1) is 0 Å². The van der Waals surface area contributed by atoms with Crippen molar-refractivity contribution in [2.24, 2.45) is 0 Å². The summed E-state index contributed by atoms with van der Waals surface area (Å²) in [6, 6.07) is 0. The van der Waals surface area contributed by atoms with Gasteiger partial charge in [0.05, 0.1) is 12.9 Å². The highest BCUT2D eigenvalue weighted by atomic mass is 16.5. The Morgan fingerprint density at radius 3 is 2.84 bits per heavy atom. The van der Waals surface area contributed by atoms with Crippen LogP contribution in [0.1, 0.15) is 40.7 Å². The van der Waals surface area contributed by atoms with E-state index in [4.69, 9.17) is 9.84 Å². The summed E-state index contributed by atoms with van der Waals surface area (Å²) in [7, 11) is 0. The van der Waals surface area contributed by atoms with E-state index in [0.29, 0.717) is 13.0 Å². The molecule has 8 nitrogen and oxygen atoms in total. The van der Waals surface area contributed by atoms with E-state index in [2.05, 4.69) is 15.3 Å². The highest BCUT2D eigenvalue weighted by Crippen LogP contribution is 2.02. The Kier molecular flexibility index (Phi) is 5.52. The lowest BCUT2D eigenvalue weighted by Gasteiger charge is -2.04. The number of rotatable bonds is 7. The standard InChI is InChI=1S/C11H15N3O5/c1-2-19-7(15)4-3-5-12-10(16)8-9(11(17)18)14-6-13-8/h6H,2-5H2,1H3,(H,12,16)(H,13,14)(H,17,18). The lowest BCUT2D eigenvalue weighted by molar-refractivity contribution is -0.143. The second-order valence-electron chi connectivity index (χ2n) is 3.60. The fraction of sp³-hybridized carbons (Fsp3) is 0.455. The van der Waals surface area contributed by atoms with Crippen LogP contribution in [0.25, 0.3) is 0 Å². The van der Waals surface area contributed by atoms with Crippen LogP contribution >= 0.6 is 0 Å². The van der Waals surface area contributed by atoms with Gasteiger partial charge in [0.1, 0.15) is 0 Å². The Labute approximate surface area is 109 Å². The number of esters is 1. The number of amides is 1. The number of nitrogens with zero attached hydrogens (tertiary/aromatic N) is 1. The Hall–Kier alpha value is -2.38. The number of imidazole rings is 1. The van der Waals surface area contributed by atoms with Crippen molar-refractivity contribution < 1.29 is 24.2 Å². The van der Waals surface area contributed by atoms with Gasteiger partial charge in [-0.25, -0.2) is 9.78 Å². The van der Waals surface area contributed by atoms with Gasteiger partial charge in [-0.05, 0) is 13.3 Å². The number of carbonyl (C=O) groups is 3. The molecule has 1 heterocycles. The van der Waals surface area contributed by atoms with E-state index in [9.17, 15) is 14.4 Å². The highest BCUT2D eigenvalue weighted by Gasteiger charge is 2.19. The van der Waals surface area contributed by atoms with Crippen molar-refractivity contribution in [3.8, 4) is 0 Å². The minimum Gasteiger partial charge on any atom is -0.477 e. The predicted molar refractivity (Wildman–Crippen MR) is 63.7 cm³/mol. The van der Waals surface area contributed by atoms with Crippen molar-refractivity contribution in [2.75, 3.05) is 13.2 Å². The fourth-order valence-corrected chi connectivity index (χ4v) is 1.38. The van der Waals surface area contributed by atoms with Crippen LogP contribution in [-0.2, 0) is 9.53 Å². The molecule has 0 spiro atoms. The van der Waals surface area contributed by atoms with Crippen LogP contribution in [0.5, 0.6) is 0 Å². The van der Waals surface area contributed by atoms with Gasteiger partial charge in [0.2, 0.25) is 0 Å². The first-order valence-electron chi connectivity index (χ1n) is 5.76. The van der Waals surface area contributed by atoms with Gasteiger partial charge in [-0.1, -0.05) is 0 Å². The van der Waals surface area contributed by atoms with Gasteiger partial charge < -0.3 is 20.1 Å². The zero-order valence-corrected chi connectivity index (χ0v) is 10.4. The summed E-state index contributed by atoms with van der Waals surface area (Å²) in [5.41, 5.74) is -0.438. The second-order valence-corrected chi connectivity index (χ2v) is 3.60. The fourth-order valence-electron chi connectivity index (χ4n) is 1.38. The molecule has 0 bridgehead atoms. The Bertz CT molecular complexity index is 469. The lowest BCUT2D eigenvalue weighted by Crippen LogP contribution is -2.27. The molecule has 0 aliphatic heterocycles. The molecule has 1 amide bonds. The van der Waals surface area contributed by atoms with Gasteiger partial charge in [0.15, 0.2) is 11.4 Å². The molecule has 1 aromatic heterocycles. The number of H-pyrrole nitrogens is 1. The van der Waals surface area contributed by atoms with E-state index in [0.717, 1.165) is 6.33 Å². The Balaban J connectivity index is 2.37. The van der Waals surface area contributed by atoms with Crippen LogP contribution in [0.15, 0.2) is 6.33 Å². The van der Waals surface area contributed by atoms with Gasteiger partial charge in [0, 0.05) is 13.0 Å². The van der Waals surface area contributed by atoms with Crippen molar-refractivity contribution >= 4 is 17.8 Å². The van der Waals surface area contributed by atoms with Crippen LogP contribution in [0.2, 0.25) is 0 Å². The Morgan fingerprint density at radius 1 is 1.47 bits per heavy atom. The third-order valence-electron chi connectivity index (χ3n) is 2.22. The van der Waals surface area contributed by atoms with Gasteiger partial charge in [0.25, 0.3) is 5.91 Å².